The topological polar surface area (TPSA) is 51.8 Å². The Morgan fingerprint density at radius 1 is 0.314 bits per heavy atom. The molecule has 0 aliphatic heterocycles. The Morgan fingerprint density at radius 3 is 1.47 bits per heavy atom. The van der Waals surface area contributed by atoms with E-state index in [0.717, 1.165) is 70.9 Å². The van der Waals surface area contributed by atoms with Gasteiger partial charge in [-0.3, -0.25) is 0 Å². The Labute approximate surface area is 292 Å². The average Bonchev–Trinajstić information content (AvgIpc) is 3.59. The van der Waals surface area contributed by atoms with Crippen molar-refractivity contribution in [2.24, 2.45) is 0 Å². The Hall–Kier alpha value is -6.91. The van der Waals surface area contributed by atoms with Crippen molar-refractivity contribution >= 4 is 75.8 Å². The first-order valence-corrected chi connectivity index (χ1v) is 17.2. The summed E-state index contributed by atoms with van der Waals surface area (Å²) in [6.07, 6.45) is 0. The molecule has 11 rings (SSSR count). The fraction of sp³-hybridized carbons (Fsp3) is 0. The van der Waals surface area contributed by atoms with Crippen molar-refractivity contribution < 1.29 is 4.42 Å². The molecule has 0 amide bonds. The van der Waals surface area contributed by atoms with E-state index in [9.17, 15) is 0 Å². The summed E-state index contributed by atoms with van der Waals surface area (Å²) in [5, 5.41) is 13.7. The van der Waals surface area contributed by atoms with Crippen LogP contribution < -0.4 is 0 Å². The van der Waals surface area contributed by atoms with E-state index >= 15 is 0 Å². The second-order valence-electron chi connectivity index (χ2n) is 13.2. The molecule has 4 nitrogen and oxygen atoms in total. The van der Waals surface area contributed by atoms with Crippen molar-refractivity contribution in [3.05, 3.63) is 164 Å². The number of furan rings is 1. The highest BCUT2D eigenvalue weighted by molar-refractivity contribution is 6.32. The molecule has 0 spiro atoms. The van der Waals surface area contributed by atoms with Crippen LogP contribution in [0, 0.1) is 0 Å². The largest absolute Gasteiger partial charge is 0.456 e. The second-order valence-corrected chi connectivity index (χ2v) is 13.2. The van der Waals surface area contributed by atoms with Crippen molar-refractivity contribution in [2.75, 3.05) is 0 Å². The third-order valence-corrected chi connectivity index (χ3v) is 10.2. The second kappa shape index (κ2) is 10.8. The van der Waals surface area contributed by atoms with Gasteiger partial charge in [0.15, 0.2) is 17.5 Å². The molecule has 2 aromatic heterocycles. The quantitative estimate of drug-likeness (QED) is 0.179. The van der Waals surface area contributed by atoms with Crippen LogP contribution in [0.5, 0.6) is 0 Å². The lowest BCUT2D eigenvalue weighted by Gasteiger charge is -2.14. The molecule has 0 unspecified atom stereocenters. The highest BCUT2D eigenvalue weighted by atomic mass is 16.3. The van der Waals surface area contributed by atoms with Gasteiger partial charge in [0.1, 0.15) is 11.2 Å². The maximum Gasteiger partial charge on any atom is 0.164 e. The van der Waals surface area contributed by atoms with Crippen molar-refractivity contribution in [2.45, 2.75) is 0 Å². The van der Waals surface area contributed by atoms with Crippen LogP contribution >= 0.6 is 0 Å². The molecule has 0 aliphatic rings. The number of aromatic nitrogens is 3. The van der Waals surface area contributed by atoms with Crippen LogP contribution in [-0.2, 0) is 0 Å². The molecule has 0 N–H and O–H groups in total. The van der Waals surface area contributed by atoms with Crippen LogP contribution in [0.25, 0.3) is 110 Å². The maximum atomic E-state index is 6.55. The smallest absolute Gasteiger partial charge is 0.164 e. The number of nitrogens with zero attached hydrogens (tertiary/aromatic N) is 3. The lowest BCUT2D eigenvalue weighted by atomic mass is 9.92. The zero-order chi connectivity index (χ0) is 33.5. The molecule has 0 radical (unpaired) electrons. The zero-order valence-electron chi connectivity index (χ0n) is 27.3. The van der Waals surface area contributed by atoms with E-state index in [4.69, 9.17) is 19.4 Å². The summed E-state index contributed by atoms with van der Waals surface area (Å²) >= 11 is 0. The summed E-state index contributed by atoms with van der Waals surface area (Å²) in [5.74, 6) is 1.90. The Bertz CT molecular complexity index is 3120. The highest BCUT2D eigenvalue weighted by Crippen LogP contribution is 2.44. The fourth-order valence-corrected chi connectivity index (χ4v) is 7.81. The molecule has 9 aromatic carbocycles. The molecule has 0 saturated heterocycles. The molecule has 0 saturated carbocycles. The first-order chi connectivity index (χ1) is 25.2. The van der Waals surface area contributed by atoms with Crippen LogP contribution in [-0.4, -0.2) is 15.0 Å². The molecule has 2 heterocycles. The van der Waals surface area contributed by atoms with Gasteiger partial charge < -0.3 is 4.42 Å². The molecule has 236 valence electrons. The van der Waals surface area contributed by atoms with E-state index < -0.39 is 0 Å². The lowest BCUT2D eigenvalue weighted by molar-refractivity contribution is 0.669. The summed E-state index contributed by atoms with van der Waals surface area (Å²) in [6.45, 7) is 0. The fourth-order valence-electron chi connectivity index (χ4n) is 7.81. The molecule has 4 heteroatoms. The predicted octanol–water partition coefficient (Wildman–Crippen LogP) is 12.5. The van der Waals surface area contributed by atoms with Crippen molar-refractivity contribution in [3.63, 3.8) is 0 Å². The molecule has 11 aromatic rings. The monoisotopic (exact) mass is 649 g/mol. The summed E-state index contributed by atoms with van der Waals surface area (Å²) < 4.78 is 6.55. The normalized spacial score (nSPS) is 11.9. The van der Waals surface area contributed by atoms with E-state index in [1.54, 1.807) is 0 Å². The summed E-state index contributed by atoms with van der Waals surface area (Å²) in [7, 11) is 0. The van der Waals surface area contributed by atoms with E-state index in [-0.39, 0.29) is 0 Å². The van der Waals surface area contributed by atoms with Crippen LogP contribution in [0.4, 0.5) is 0 Å². The minimum absolute atomic E-state index is 0.629. The van der Waals surface area contributed by atoms with Crippen LogP contribution in [0.3, 0.4) is 0 Å². The Morgan fingerprint density at radius 2 is 0.804 bits per heavy atom. The first kappa shape index (κ1) is 28.0. The van der Waals surface area contributed by atoms with E-state index in [1.165, 1.54) is 21.5 Å². The first-order valence-electron chi connectivity index (χ1n) is 17.2. The van der Waals surface area contributed by atoms with Crippen molar-refractivity contribution in [3.8, 4) is 34.2 Å². The van der Waals surface area contributed by atoms with Gasteiger partial charge in [0.25, 0.3) is 0 Å². The van der Waals surface area contributed by atoms with Crippen molar-refractivity contribution in [1.82, 2.24) is 15.0 Å². The molecule has 0 atom stereocenters. The number of hydrogen-bond donors (Lipinski definition) is 0. The van der Waals surface area contributed by atoms with E-state index in [2.05, 4.69) is 164 Å². The predicted molar refractivity (Wildman–Crippen MR) is 211 cm³/mol. The van der Waals surface area contributed by atoms with Gasteiger partial charge >= 0.3 is 0 Å². The zero-order valence-corrected chi connectivity index (χ0v) is 27.3. The summed E-state index contributed by atoms with van der Waals surface area (Å²) in [5.41, 5.74) is 4.58. The van der Waals surface area contributed by atoms with Crippen LogP contribution in [0.15, 0.2) is 168 Å². The average molecular weight is 650 g/mol. The van der Waals surface area contributed by atoms with Gasteiger partial charge in [-0.15, -0.1) is 0 Å². The molecule has 0 aliphatic carbocycles. The third kappa shape index (κ3) is 4.37. The van der Waals surface area contributed by atoms with Crippen molar-refractivity contribution in [1.29, 1.82) is 0 Å². The molecular formula is C47H27N3O. The Balaban J connectivity index is 1.25. The van der Waals surface area contributed by atoms with E-state index in [1.807, 2.05) is 0 Å². The van der Waals surface area contributed by atoms with Gasteiger partial charge in [0.2, 0.25) is 0 Å². The highest BCUT2D eigenvalue weighted by Gasteiger charge is 2.20. The molecule has 51 heavy (non-hydrogen) atoms. The standard InChI is InChI=1S/C47H27N3O/c1-3-12-31-25-34(19-17-28(31)9-1)45-48-46(35-20-18-29-10-2-4-13-32(29)26-35)50-47(49-45)39-27-33-14-6-8-16-37(33)42-38(39)22-24-41-44(42)43-36-15-7-5-11-30(36)21-23-40(43)51-41/h1-27H. The van der Waals surface area contributed by atoms with Gasteiger partial charge in [0.05, 0.1) is 0 Å². The van der Waals surface area contributed by atoms with Gasteiger partial charge in [-0.25, -0.2) is 15.0 Å². The minimum atomic E-state index is 0.629. The number of benzene rings is 9. The SMILES string of the molecule is c1ccc2cc(-c3nc(-c4ccc5ccccc5c4)nc(-c4cc5ccccc5c5c4ccc4oc6ccc7ccccc7c6c45)n3)ccc2c1. The number of fused-ring (bicyclic) bond motifs is 11. The lowest BCUT2D eigenvalue weighted by Crippen LogP contribution is -2.01. The van der Waals surface area contributed by atoms with Gasteiger partial charge in [0, 0.05) is 32.8 Å². The number of rotatable bonds is 3. The molecule has 0 fully saturated rings. The summed E-state index contributed by atoms with van der Waals surface area (Å²) in [4.78, 5) is 15.7. The van der Waals surface area contributed by atoms with Crippen LogP contribution in [0.2, 0.25) is 0 Å². The van der Waals surface area contributed by atoms with Crippen LogP contribution in [0.1, 0.15) is 0 Å². The molecule has 0 bridgehead atoms. The van der Waals surface area contributed by atoms with Gasteiger partial charge in [-0.1, -0.05) is 127 Å². The Kier molecular flexibility index (Phi) is 5.92. The number of hydrogen-bond acceptors (Lipinski definition) is 4. The van der Waals surface area contributed by atoms with Gasteiger partial charge in [-0.2, -0.15) is 0 Å². The van der Waals surface area contributed by atoms with E-state index in [0.29, 0.717) is 17.5 Å². The van der Waals surface area contributed by atoms with Gasteiger partial charge in [-0.05, 0) is 84.9 Å². The summed E-state index contributed by atoms with van der Waals surface area (Å²) in [6, 6.07) is 57.5. The maximum absolute atomic E-state index is 6.55. The molecular weight excluding hydrogens is 623 g/mol. The minimum Gasteiger partial charge on any atom is -0.456 e. The third-order valence-electron chi connectivity index (χ3n) is 10.2.